The molecule has 0 spiro atoms. The van der Waals surface area contributed by atoms with Crippen molar-refractivity contribution in [2.45, 2.75) is 13.5 Å². The Labute approximate surface area is 141 Å². The quantitative estimate of drug-likeness (QED) is 0.506. The van der Waals surface area contributed by atoms with Crippen LogP contribution in [0.1, 0.15) is 12.5 Å². The van der Waals surface area contributed by atoms with Crippen molar-refractivity contribution in [3.8, 4) is 0 Å². The van der Waals surface area contributed by atoms with E-state index >= 15 is 0 Å². The van der Waals surface area contributed by atoms with E-state index in [4.69, 9.17) is 11.6 Å². The highest BCUT2D eigenvalue weighted by Crippen LogP contribution is 2.25. The first kappa shape index (κ1) is 17.4. The average Bonchev–Trinajstić information content (AvgIpc) is 2.55. The highest BCUT2D eigenvalue weighted by molar-refractivity contribution is 6.32. The third kappa shape index (κ3) is 4.26. The van der Waals surface area contributed by atoms with Gasteiger partial charge in [0.15, 0.2) is 0 Å². The lowest BCUT2D eigenvalue weighted by Crippen LogP contribution is -2.29. The molecule has 0 aliphatic heterocycles. The molecule has 1 aromatic heterocycles. The van der Waals surface area contributed by atoms with E-state index in [9.17, 15) is 19.7 Å². The first-order chi connectivity index (χ1) is 11.4. The number of carbonyl (C=O) groups is 1. The van der Waals surface area contributed by atoms with Crippen LogP contribution < -0.4 is 11.0 Å². The predicted octanol–water partition coefficient (Wildman–Crippen LogP) is 1.95. The molecular formula is C15H13ClN4O4. The van der Waals surface area contributed by atoms with Gasteiger partial charge in [-0.2, -0.15) is 5.10 Å². The number of halogens is 1. The van der Waals surface area contributed by atoms with Crippen LogP contribution in [0.3, 0.4) is 0 Å². The average molecular weight is 349 g/mol. The molecule has 1 heterocycles. The molecule has 8 nitrogen and oxygen atoms in total. The Balaban J connectivity index is 2.10. The van der Waals surface area contributed by atoms with E-state index in [1.807, 2.05) is 0 Å². The van der Waals surface area contributed by atoms with Gasteiger partial charge in [-0.05, 0) is 19.1 Å². The van der Waals surface area contributed by atoms with Crippen molar-refractivity contribution in [2.24, 2.45) is 5.10 Å². The second kappa shape index (κ2) is 7.51. The number of rotatable bonds is 5. The molecule has 1 amide bonds. The zero-order chi connectivity index (χ0) is 17.7. The van der Waals surface area contributed by atoms with Crippen LogP contribution in [0.2, 0.25) is 5.02 Å². The molecule has 0 saturated heterocycles. The van der Waals surface area contributed by atoms with Crippen molar-refractivity contribution in [3.63, 3.8) is 0 Å². The Morgan fingerprint density at radius 2 is 2.12 bits per heavy atom. The number of nitrogens with zero attached hydrogens (tertiary/aromatic N) is 3. The third-order valence-corrected chi connectivity index (χ3v) is 3.44. The number of nitro groups is 1. The van der Waals surface area contributed by atoms with Crippen LogP contribution >= 0.6 is 11.6 Å². The minimum Gasteiger partial charge on any atom is -0.306 e. The van der Waals surface area contributed by atoms with Gasteiger partial charge in [0.2, 0.25) is 0 Å². The number of hydrogen-bond acceptors (Lipinski definition) is 5. The van der Waals surface area contributed by atoms with Crippen LogP contribution in [-0.2, 0) is 11.3 Å². The minimum absolute atomic E-state index is 0.0176. The second-order valence-corrected chi connectivity index (χ2v) is 5.23. The molecule has 0 saturated carbocycles. The summed E-state index contributed by atoms with van der Waals surface area (Å²) in [6.45, 7) is 1.40. The number of hydrazone groups is 1. The molecule has 9 heteroatoms. The Bertz CT molecular complexity index is 876. The number of pyridine rings is 1. The fourth-order valence-electron chi connectivity index (χ4n) is 1.87. The van der Waals surface area contributed by atoms with E-state index in [0.717, 1.165) is 0 Å². The summed E-state index contributed by atoms with van der Waals surface area (Å²) in [6, 6.07) is 8.77. The number of nitrogens with one attached hydrogen (secondary N) is 1. The maximum atomic E-state index is 11.8. The van der Waals surface area contributed by atoms with Gasteiger partial charge < -0.3 is 4.57 Å². The van der Waals surface area contributed by atoms with Crippen molar-refractivity contribution >= 4 is 28.9 Å². The lowest BCUT2D eigenvalue weighted by Gasteiger charge is -2.05. The van der Waals surface area contributed by atoms with Gasteiger partial charge in [-0.15, -0.1) is 0 Å². The Morgan fingerprint density at radius 3 is 2.79 bits per heavy atom. The van der Waals surface area contributed by atoms with Gasteiger partial charge in [-0.3, -0.25) is 19.7 Å². The van der Waals surface area contributed by atoms with Crippen molar-refractivity contribution < 1.29 is 9.72 Å². The van der Waals surface area contributed by atoms with E-state index in [-0.39, 0.29) is 22.8 Å². The lowest BCUT2D eigenvalue weighted by molar-refractivity contribution is -0.384. The summed E-state index contributed by atoms with van der Waals surface area (Å²) in [5.41, 5.74) is 2.57. The first-order valence-corrected chi connectivity index (χ1v) is 7.19. The fraction of sp³-hybridized carbons (Fsp3) is 0.133. The molecule has 0 unspecified atom stereocenters. The standard InChI is InChI=1S/C15H13ClN4O4/c1-10(11-5-6-12(16)13(8-11)20(23)24)17-18-14(21)9-19-7-3-2-4-15(19)22/h2-8H,9H2,1H3,(H,18,21)/b17-10-. The summed E-state index contributed by atoms with van der Waals surface area (Å²) in [7, 11) is 0. The highest BCUT2D eigenvalue weighted by atomic mass is 35.5. The molecule has 0 aliphatic carbocycles. The van der Waals surface area contributed by atoms with Gasteiger partial charge >= 0.3 is 0 Å². The van der Waals surface area contributed by atoms with Crippen LogP contribution in [0, 0.1) is 10.1 Å². The Hall–Kier alpha value is -3.00. The molecule has 1 N–H and O–H groups in total. The molecule has 2 aromatic rings. The van der Waals surface area contributed by atoms with Crippen LogP contribution in [0.4, 0.5) is 5.69 Å². The summed E-state index contributed by atoms with van der Waals surface area (Å²) < 4.78 is 1.23. The molecular weight excluding hydrogens is 336 g/mol. The summed E-state index contributed by atoms with van der Waals surface area (Å²) in [6.07, 6.45) is 1.49. The van der Waals surface area contributed by atoms with Crippen LogP contribution in [0.5, 0.6) is 0 Å². The Morgan fingerprint density at radius 1 is 1.38 bits per heavy atom. The third-order valence-electron chi connectivity index (χ3n) is 3.12. The number of benzene rings is 1. The zero-order valence-electron chi connectivity index (χ0n) is 12.6. The van der Waals surface area contributed by atoms with Crippen LogP contribution in [-0.4, -0.2) is 21.1 Å². The van der Waals surface area contributed by atoms with Crippen molar-refractivity contribution in [1.29, 1.82) is 0 Å². The van der Waals surface area contributed by atoms with Gasteiger partial charge in [0.25, 0.3) is 17.2 Å². The zero-order valence-corrected chi connectivity index (χ0v) is 13.4. The van der Waals surface area contributed by atoms with Crippen LogP contribution in [0.25, 0.3) is 0 Å². The number of hydrogen-bond donors (Lipinski definition) is 1. The number of carbonyl (C=O) groups excluding carboxylic acids is 1. The topological polar surface area (TPSA) is 107 Å². The summed E-state index contributed by atoms with van der Waals surface area (Å²) >= 11 is 5.74. The van der Waals surface area contributed by atoms with Crippen molar-refractivity contribution in [3.05, 3.63) is 73.6 Å². The molecule has 0 radical (unpaired) electrons. The summed E-state index contributed by atoms with van der Waals surface area (Å²) in [5, 5.41) is 14.8. The highest BCUT2D eigenvalue weighted by Gasteiger charge is 2.14. The Kier molecular flexibility index (Phi) is 5.43. The first-order valence-electron chi connectivity index (χ1n) is 6.81. The monoisotopic (exact) mass is 348 g/mol. The number of aromatic nitrogens is 1. The van der Waals surface area contributed by atoms with E-state index in [0.29, 0.717) is 11.3 Å². The largest absolute Gasteiger partial charge is 0.306 e. The SMILES string of the molecule is C/C(=N/NC(=O)Cn1ccccc1=O)c1ccc(Cl)c([N+](=O)[O-])c1. The molecule has 0 bridgehead atoms. The van der Waals surface area contributed by atoms with Gasteiger partial charge in [-0.25, -0.2) is 5.43 Å². The van der Waals surface area contributed by atoms with E-state index in [1.54, 1.807) is 25.1 Å². The number of nitro benzene ring substituents is 1. The summed E-state index contributed by atoms with van der Waals surface area (Å²) in [4.78, 5) is 33.6. The predicted molar refractivity (Wildman–Crippen MR) is 89.2 cm³/mol. The molecule has 0 atom stereocenters. The fourth-order valence-corrected chi connectivity index (χ4v) is 2.06. The molecule has 2 rings (SSSR count). The smallest absolute Gasteiger partial charge is 0.288 e. The molecule has 0 aliphatic rings. The van der Waals surface area contributed by atoms with Crippen LogP contribution in [0.15, 0.2) is 52.5 Å². The van der Waals surface area contributed by atoms with E-state index in [1.165, 1.54) is 29.0 Å². The second-order valence-electron chi connectivity index (χ2n) is 4.82. The molecule has 24 heavy (non-hydrogen) atoms. The van der Waals surface area contributed by atoms with Gasteiger partial charge in [0.05, 0.1) is 10.6 Å². The summed E-state index contributed by atoms with van der Waals surface area (Å²) in [5.74, 6) is -0.494. The van der Waals surface area contributed by atoms with Crippen molar-refractivity contribution in [2.75, 3.05) is 0 Å². The molecule has 0 fully saturated rings. The van der Waals surface area contributed by atoms with E-state index in [2.05, 4.69) is 10.5 Å². The van der Waals surface area contributed by atoms with E-state index < -0.39 is 10.8 Å². The lowest BCUT2D eigenvalue weighted by atomic mass is 10.1. The van der Waals surface area contributed by atoms with Gasteiger partial charge in [0, 0.05) is 23.9 Å². The molecule has 1 aromatic carbocycles. The maximum absolute atomic E-state index is 11.8. The minimum atomic E-state index is -0.598. The maximum Gasteiger partial charge on any atom is 0.288 e. The normalized spacial score (nSPS) is 11.2. The number of amides is 1. The molecule has 124 valence electrons. The van der Waals surface area contributed by atoms with Gasteiger partial charge in [-0.1, -0.05) is 23.7 Å². The van der Waals surface area contributed by atoms with Crippen molar-refractivity contribution in [1.82, 2.24) is 9.99 Å². The van der Waals surface area contributed by atoms with Gasteiger partial charge in [0.1, 0.15) is 11.6 Å².